The van der Waals surface area contributed by atoms with Gasteiger partial charge >= 0.3 is 5.97 Å². The SMILES string of the molecule is CCC(=O)CCc1ccc(OC)c(C)c1C(=O)O. The number of carboxylic acids is 1. The van der Waals surface area contributed by atoms with Gasteiger partial charge in [-0.3, -0.25) is 4.79 Å². The van der Waals surface area contributed by atoms with Crippen LogP contribution >= 0.6 is 0 Å². The summed E-state index contributed by atoms with van der Waals surface area (Å²) < 4.78 is 5.11. The molecule has 0 spiro atoms. The summed E-state index contributed by atoms with van der Waals surface area (Å²) in [4.78, 5) is 22.6. The Labute approximate surface area is 107 Å². The van der Waals surface area contributed by atoms with Crippen LogP contribution < -0.4 is 4.74 Å². The van der Waals surface area contributed by atoms with Gasteiger partial charge in [0.05, 0.1) is 12.7 Å². The maximum absolute atomic E-state index is 11.3. The number of ketones is 1. The molecule has 1 aromatic rings. The van der Waals surface area contributed by atoms with Crippen molar-refractivity contribution in [2.45, 2.75) is 33.1 Å². The van der Waals surface area contributed by atoms with Gasteiger partial charge in [0.2, 0.25) is 0 Å². The zero-order valence-corrected chi connectivity index (χ0v) is 10.9. The van der Waals surface area contributed by atoms with Crippen molar-refractivity contribution in [1.82, 2.24) is 0 Å². The highest BCUT2D eigenvalue weighted by Crippen LogP contribution is 2.25. The third-order valence-corrected chi connectivity index (χ3v) is 3.00. The molecule has 1 N–H and O–H groups in total. The van der Waals surface area contributed by atoms with E-state index < -0.39 is 5.97 Å². The molecule has 1 rings (SSSR count). The van der Waals surface area contributed by atoms with Gasteiger partial charge in [0.25, 0.3) is 0 Å². The van der Waals surface area contributed by atoms with E-state index in [2.05, 4.69) is 0 Å². The highest BCUT2D eigenvalue weighted by atomic mass is 16.5. The summed E-state index contributed by atoms with van der Waals surface area (Å²) in [5, 5.41) is 9.25. The second kappa shape index (κ2) is 6.19. The fraction of sp³-hybridized carbons (Fsp3) is 0.429. The van der Waals surface area contributed by atoms with Crippen LogP contribution in [0, 0.1) is 6.92 Å². The van der Waals surface area contributed by atoms with Crippen LogP contribution in [0.1, 0.15) is 41.3 Å². The summed E-state index contributed by atoms with van der Waals surface area (Å²) >= 11 is 0. The van der Waals surface area contributed by atoms with E-state index in [1.165, 1.54) is 7.11 Å². The standard InChI is InChI=1S/C14H18O4/c1-4-11(15)7-5-10-6-8-12(18-3)9(2)13(10)14(16)17/h6,8H,4-5,7H2,1-3H3,(H,16,17). The molecular formula is C14H18O4. The van der Waals surface area contributed by atoms with E-state index in [1.54, 1.807) is 26.0 Å². The maximum atomic E-state index is 11.3. The fourth-order valence-corrected chi connectivity index (χ4v) is 1.93. The molecule has 0 unspecified atom stereocenters. The van der Waals surface area contributed by atoms with Crippen LogP contribution in [0.15, 0.2) is 12.1 Å². The van der Waals surface area contributed by atoms with Gasteiger partial charge in [-0.15, -0.1) is 0 Å². The first kappa shape index (κ1) is 14.2. The number of aromatic carboxylic acids is 1. The Morgan fingerprint density at radius 1 is 1.33 bits per heavy atom. The minimum atomic E-state index is -0.981. The Kier molecular flexibility index (Phi) is 4.89. The van der Waals surface area contributed by atoms with Gasteiger partial charge in [-0.25, -0.2) is 4.79 Å². The number of rotatable bonds is 6. The first-order chi connectivity index (χ1) is 8.51. The summed E-state index contributed by atoms with van der Waals surface area (Å²) in [5.41, 5.74) is 1.53. The lowest BCUT2D eigenvalue weighted by Crippen LogP contribution is -2.08. The Balaban J connectivity index is 3.08. The van der Waals surface area contributed by atoms with Gasteiger partial charge in [-0.05, 0) is 25.0 Å². The van der Waals surface area contributed by atoms with Crippen molar-refractivity contribution in [1.29, 1.82) is 0 Å². The molecule has 0 aliphatic carbocycles. The number of benzene rings is 1. The van der Waals surface area contributed by atoms with Gasteiger partial charge in [0.1, 0.15) is 11.5 Å². The van der Waals surface area contributed by atoms with Crippen molar-refractivity contribution in [3.8, 4) is 5.75 Å². The molecule has 0 aliphatic heterocycles. The molecule has 0 atom stereocenters. The van der Waals surface area contributed by atoms with Gasteiger partial charge in [0, 0.05) is 18.4 Å². The number of Topliss-reactive ketones (excluding diaryl/α,β-unsaturated/α-hetero) is 1. The van der Waals surface area contributed by atoms with Crippen LogP contribution in [0.2, 0.25) is 0 Å². The molecule has 98 valence electrons. The van der Waals surface area contributed by atoms with Gasteiger partial charge in [-0.2, -0.15) is 0 Å². The molecule has 4 heteroatoms. The number of hydrogen-bond donors (Lipinski definition) is 1. The Morgan fingerprint density at radius 2 is 2.00 bits per heavy atom. The molecule has 18 heavy (non-hydrogen) atoms. The van der Waals surface area contributed by atoms with Crippen molar-refractivity contribution in [2.24, 2.45) is 0 Å². The second-order valence-electron chi connectivity index (χ2n) is 4.12. The number of aryl methyl sites for hydroxylation is 1. The predicted octanol–water partition coefficient (Wildman–Crippen LogP) is 2.61. The molecule has 0 amide bonds. The van der Waals surface area contributed by atoms with E-state index in [0.717, 1.165) is 0 Å². The number of carboxylic acid groups (broad SMARTS) is 1. The highest BCUT2D eigenvalue weighted by molar-refractivity contribution is 5.92. The van der Waals surface area contributed by atoms with Crippen molar-refractivity contribution >= 4 is 11.8 Å². The number of carbonyl (C=O) groups excluding carboxylic acids is 1. The van der Waals surface area contributed by atoms with Crippen LogP contribution in [0.3, 0.4) is 0 Å². The van der Waals surface area contributed by atoms with E-state index in [1.807, 2.05) is 0 Å². The van der Waals surface area contributed by atoms with Crippen LogP contribution in [0.25, 0.3) is 0 Å². The fourth-order valence-electron chi connectivity index (χ4n) is 1.93. The van der Waals surface area contributed by atoms with E-state index in [4.69, 9.17) is 4.74 Å². The maximum Gasteiger partial charge on any atom is 0.336 e. The van der Waals surface area contributed by atoms with Crippen LogP contribution in [-0.2, 0) is 11.2 Å². The average Bonchev–Trinajstić information content (AvgIpc) is 2.35. The summed E-state index contributed by atoms with van der Waals surface area (Å²) in [7, 11) is 1.51. The Morgan fingerprint density at radius 3 is 2.50 bits per heavy atom. The summed E-state index contributed by atoms with van der Waals surface area (Å²) in [6, 6.07) is 3.46. The molecule has 0 aliphatic rings. The van der Waals surface area contributed by atoms with E-state index in [-0.39, 0.29) is 11.3 Å². The van der Waals surface area contributed by atoms with Crippen LogP contribution in [-0.4, -0.2) is 24.0 Å². The van der Waals surface area contributed by atoms with Crippen molar-refractivity contribution in [2.75, 3.05) is 7.11 Å². The largest absolute Gasteiger partial charge is 0.496 e. The number of methoxy groups -OCH3 is 1. The van der Waals surface area contributed by atoms with Crippen LogP contribution in [0.4, 0.5) is 0 Å². The predicted molar refractivity (Wildman–Crippen MR) is 68.3 cm³/mol. The topological polar surface area (TPSA) is 63.6 Å². The van der Waals surface area contributed by atoms with Crippen molar-refractivity contribution in [3.05, 3.63) is 28.8 Å². The van der Waals surface area contributed by atoms with E-state index >= 15 is 0 Å². The molecule has 0 aromatic heterocycles. The molecule has 0 fully saturated rings. The third kappa shape index (κ3) is 3.09. The van der Waals surface area contributed by atoms with E-state index in [0.29, 0.717) is 36.1 Å². The summed E-state index contributed by atoms with van der Waals surface area (Å²) in [6.45, 7) is 3.52. The zero-order valence-electron chi connectivity index (χ0n) is 10.9. The summed E-state index contributed by atoms with van der Waals surface area (Å²) in [6.07, 6.45) is 1.32. The van der Waals surface area contributed by atoms with Gasteiger partial charge in [-0.1, -0.05) is 13.0 Å². The normalized spacial score (nSPS) is 10.2. The number of ether oxygens (including phenoxy) is 1. The molecule has 1 aromatic carbocycles. The summed E-state index contributed by atoms with van der Waals surface area (Å²) in [5.74, 6) is -0.289. The molecule has 0 radical (unpaired) electrons. The minimum absolute atomic E-state index is 0.139. The van der Waals surface area contributed by atoms with Crippen LogP contribution in [0.5, 0.6) is 5.75 Å². The number of hydrogen-bond acceptors (Lipinski definition) is 3. The lowest BCUT2D eigenvalue weighted by Gasteiger charge is -2.12. The number of carbonyl (C=O) groups is 2. The molecule has 0 saturated carbocycles. The van der Waals surface area contributed by atoms with Gasteiger partial charge in [0.15, 0.2) is 0 Å². The Bertz CT molecular complexity index is 463. The second-order valence-corrected chi connectivity index (χ2v) is 4.12. The first-order valence-corrected chi connectivity index (χ1v) is 5.92. The molecule has 0 bridgehead atoms. The highest BCUT2D eigenvalue weighted by Gasteiger charge is 2.17. The molecule has 0 heterocycles. The quantitative estimate of drug-likeness (QED) is 0.843. The average molecular weight is 250 g/mol. The molecule has 0 saturated heterocycles. The van der Waals surface area contributed by atoms with E-state index in [9.17, 15) is 14.7 Å². The van der Waals surface area contributed by atoms with Crippen molar-refractivity contribution in [3.63, 3.8) is 0 Å². The molecule has 4 nitrogen and oxygen atoms in total. The third-order valence-electron chi connectivity index (χ3n) is 3.00. The van der Waals surface area contributed by atoms with Crippen molar-refractivity contribution < 1.29 is 19.4 Å². The lowest BCUT2D eigenvalue weighted by molar-refractivity contribution is -0.118. The first-order valence-electron chi connectivity index (χ1n) is 5.92. The lowest BCUT2D eigenvalue weighted by atomic mass is 9.96. The Hall–Kier alpha value is -1.84. The zero-order chi connectivity index (χ0) is 13.7. The smallest absolute Gasteiger partial charge is 0.336 e. The molecular weight excluding hydrogens is 232 g/mol. The minimum Gasteiger partial charge on any atom is -0.496 e. The monoisotopic (exact) mass is 250 g/mol. The van der Waals surface area contributed by atoms with Gasteiger partial charge < -0.3 is 9.84 Å².